The summed E-state index contributed by atoms with van der Waals surface area (Å²) in [7, 11) is 0. The second-order valence-electron chi connectivity index (χ2n) is 5.75. The average molecular weight is 344 g/mol. The van der Waals surface area contributed by atoms with E-state index < -0.39 is 0 Å². The Morgan fingerprint density at radius 3 is 2.73 bits per heavy atom. The lowest BCUT2D eigenvalue weighted by Crippen LogP contribution is -2.14. The Balaban J connectivity index is 1.43. The van der Waals surface area contributed by atoms with E-state index >= 15 is 0 Å². The Bertz CT molecular complexity index is 1010. The Morgan fingerprint density at radius 1 is 1.08 bits per heavy atom. The predicted molar refractivity (Wildman–Crippen MR) is 98.3 cm³/mol. The number of rotatable bonds is 5. The second kappa shape index (κ2) is 7.06. The molecular formula is C20H16N4O2. The number of oxazole rings is 1. The fourth-order valence-corrected chi connectivity index (χ4v) is 2.64. The molecule has 128 valence electrons. The number of aromatic amines is 1. The molecule has 0 radical (unpaired) electrons. The van der Waals surface area contributed by atoms with Crippen molar-refractivity contribution in [1.82, 2.24) is 15.0 Å². The Hall–Kier alpha value is -3.67. The molecule has 0 aliphatic carbocycles. The summed E-state index contributed by atoms with van der Waals surface area (Å²) in [6.45, 7) is 0. The molecule has 0 bridgehead atoms. The highest BCUT2D eigenvalue weighted by Gasteiger charge is 2.11. The zero-order valence-corrected chi connectivity index (χ0v) is 13.8. The topological polar surface area (TPSA) is 83.8 Å². The molecule has 0 aliphatic rings. The van der Waals surface area contributed by atoms with E-state index in [1.165, 1.54) is 6.26 Å². The van der Waals surface area contributed by atoms with Gasteiger partial charge in [0.15, 0.2) is 0 Å². The monoisotopic (exact) mass is 344 g/mol. The van der Waals surface area contributed by atoms with Crippen LogP contribution >= 0.6 is 0 Å². The number of hydrogen-bond donors (Lipinski definition) is 2. The lowest BCUT2D eigenvalue weighted by Gasteiger charge is -2.05. The normalized spacial score (nSPS) is 10.6. The summed E-state index contributed by atoms with van der Waals surface area (Å²) in [5.74, 6) is 1.10. The Kier molecular flexibility index (Phi) is 4.30. The molecule has 0 saturated carbocycles. The second-order valence-corrected chi connectivity index (χ2v) is 5.75. The van der Waals surface area contributed by atoms with Gasteiger partial charge >= 0.3 is 0 Å². The van der Waals surface area contributed by atoms with Gasteiger partial charge in [-0.1, -0.05) is 30.3 Å². The SMILES string of the molecule is O=C(Cc1coc(-c2ccccc2)n1)Nc1cccc(-c2ncc[nH]2)c1. The van der Waals surface area contributed by atoms with Gasteiger partial charge in [0, 0.05) is 29.2 Å². The minimum Gasteiger partial charge on any atom is -0.444 e. The van der Waals surface area contributed by atoms with Crippen LogP contribution in [0.25, 0.3) is 22.8 Å². The quantitative estimate of drug-likeness (QED) is 0.575. The highest BCUT2D eigenvalue weighted by molar-refractivity contribution is 5.92. The molecule has 2 aromatic heterocycles. The molecule has 6 heteroatoms. The first-order valence-electron chi connectivity index (χ1n) is 8.17. The van der Waals surface area contributed by atoms with E-state index in [-0.39, 0.29) is 12.3 Å². The van der Waals surface area contributed by atoms with Crippen LogP contribution in [-0.4, -0.2) is 20.9 Å². The first kappa shape index (κ1) is 15.8. The zero-order valence-electron chi connectivity index (χ0n) is 13.8. The molecule has 26 heavy (non-hydrogen) atoms. The lowest BCUT2D eigenvalue weighted by atomic mass is 10.2. The van der Waals surface area contributed by atoms with Crippen LogP contribution in [0.2, 0.25) is 0 Å². The largest absolute Gasteiger partial charge is 0.444 e. The van der Waals surface area contributed by atoms with E-state index in [4.69, 9.17) is 4.42 Å². The molecular weight excluding hydrogens is 328 g/mol. The van der Waals surface area contributed by atoms with Gasteiger partial charge < -0.3 is 14.7 Å². The van der Waals surface area contributed by atoms with E-state index in [1.54, 1.807) is 12.4 Å². The number of carbonyl (C=O) groups is 1. The maximum absolute atomic E-state index is 12.3. The van der Waals surface area contributed by atoms with Crippen molar-refractivity contribution in [2.24, 2.45) is 0 Å². The van der Waals surface area contributed by atoms with Crippen LogP contribution in [0.15, 0.2) is 77.7 Å². The third kappa shape index (κ3) is 3.54. The minimum atomic E-state index is -0.158. The van der Waals surface area contributed by atoms with Gasteiger partial charge in [-0.05, 0) is 24.3 Å². The summed E-state index contributed by atoms with van der Waals surface area (Å²) in [4.78, 5) is 23.9. The zero-order chi connectivity index (χ0) is 17.8. The van der Waals surface area contributed by atoms with Crippen LogP contribution in [0.5, 0.6) is 0 Å². The summed E-state index contributed by atoms with van der Waals surface area (Å²) >= 11 is 0. The number of H-pyrrole nitrogens is 1. The number of anilines is 1. The van der Waals surface area contributed by atoms with Gasteiger partial charge in [-0.15, -0.1) is 0 Å². The summed E-state index contributed by atoms with van der Waals surface area (Å²) in [6, 6.07) is 17.1. The van der Waals surface area contributed by atoms with Crippen LogP contribution in [-0.2, 0) is 11.2 Å². The molecule has 1 amide bonds. The highest BCUT2D eigenvalue weighted by atomic mass is 16.3. The molecule has 0 spiro atoms. The van der Waals surface area contributed by atoms with Crippen molar-refractivity contribution in [2.75, 3.05) is 5.32 Å². The number of imidazole rings is 1. The number of nitrogens with one attached hydrogen (secondary N) is 2. The molecule has 0 fully saturated rings. The van der Waals surface area contributed by atoms with Gasteiger partial charge in [0.2, 0.25) is 11.8 Å². The number of hydrogen-bond acceptors (Lipinski definition) is 4. The van der Waals surface area contributed by atoms with Gasteiger partial charge in [-0.25, -0.2) is 9.97 Å². The van der Waals surface area contributed by atoms with Crippen LogP contribution in [0.3, 0.4) is 0 Å². The lowest BCUT2D eigenvalue weighted by molar-refractivity contribution is -0.115. The summed E-state index contributed by atoms with van der Waals surface area (Å²) in [6.07, 6.45) is 5.10. The summed E-state index contributed by atoms with van der Waals surface area (Å²) < 4.78 is 5.47. The highest BCUT2D eigenvalue weighted by Crippen LogP contribution is 2.20. The van der Waals surface area contributed by atoms with Crippen molar-refractivity contribution in [2.45, 2.75) is 6.42 Å². The van der Waals surface area contributed by atoms with Crippen molar-refractivity contribution < 1.29 is 9.21 Å². The number of aromatic nitrogens is 3. The van der Waals surface area contributed by atoms with Crippen molar-refractivity contribution in [3.05, 3.63) is 78.9 Å². The first-order valence-corrected chi connectivity index (χ1v) is 8.17. The Morgan fingerprint density at radius 2 is 1.92 bits per heavy atom. The number of carbonyl (C=O) groups excluding carboxylic acids is 1. The smallest absolute Gasteiger partial charge is 0.230 e. The van der Waals surface area contributed by atoms with Crippen molar-refractivity contribution >= 4 is 11.6 Å². The Labute approximate surface area is 149 Å². The van der Waals surface area contributed by atoms with Crippen molar-refractivity contribution in [1.29, 1.82) is 0 Å². The molecule has 6 nitrogen and oxygen atoms in total. The number of amides is 1. The molecule has 0 unspecified atom stereocenters. The van der Waals surface area contributed by atoms with E-state index in [0.29, 0.717) is 17.3 Å². The summed E-state index contributed by atoms with van der Waals surface area (Å²) in [5, 5.41) is 2.88. The van der Waals surface area contributed by atoms with Crippen molar-refractivity contribution in [3.63, 3.8) is 0 Å². The fourth-order valence-electron chi connectivity index (χ4n) is 2.64. The van der Waals surface area contributed by atoms with Crippen LogP contribution in [0.4, 0.5) is 5.69 Å². The van der Waals surface area contributed by atoms with Gasteiger partial charge in [-0.2, -0.15) is 0 Å². The first-order chi connectivity index (χ1) is 12.8. The van der Waals surface area contributed by atoms with Crippen molar-refractivity contribution in [3.8, 4) is 22.8 Å². The molecule has 2 heterocycles. The van der Waals surface area contributed by atoms with Crippen LogP contribution in [0, 0.1) is 0 Å². The molecule has 2 N–H and O–H groups in total. The van der Waals surface area contributed by atoms with E-state index in [1.807, 2.05) is 54.6 Å². The van der Waals surface area contributed by atoms with E-state index in [2.05, 4.69) is 20.3 Å². The van der Waals surface area contributed by atoms with Gasteiger partial charge in [0.25, 0.3) is 0 Å². The molecule has 0 saturated heterocycles. The number of nitrogens with zero attached hydrogens (tertiary/aromatic N) is 2. The molecule has 0 atom stereocenters. The van der Waals surface area contributed by atoms with Gasteiger partial charge in [0.05, 0.1) is 12.1 Å². The molecule has 2 aromatic carbocycles. The van der Waals surface area contributed by atoms with Crippen LogP contribution in [0.1, 0.15) is 5.69 Å². The molecule has 0 aliphatic heterocycles. The standard InChI is InChI=1S/C20H16N4O2/c25-18(12-17-13-26-20(24-17)14-5-2-1-3-6-14)23-16-8-4-7-15(11-16)19-21-9-10-22-19/h1-11,13H,12H2,(H,21,22)(H,23,25). The predicted octanol–water partition coefficient (Wildman–Crippen LogP) is 3.91. The molecule has 4 rings (SSSR count). The van der Waals surface area contributed by atoms with E-state index in [0.717, 1.165) is 17.0 Å². The number of benzene rings is 2. The maximum atomic E-state index is 12.3. The van der Waals surface area contributed by atoms with Gasteiger partial charge in [0.1, 0.15) is 12.1 Å². The van der Waals surface area contributed by atoms with Crippen LogP contribution < -0.4 is 5.32 Å². The minimum absolute atomic E-state index is 0.140. The molecule has 4 aromatic rings. The van der Waals surface area contributed by atoms with E-state index in [9.17, 15) is 4.79 Å². The maximum Gasteiger partial charge on any atom is 0.230 e. The summed E-state index contributed by atoms with van der Waals surface area (Å²) in [5.41, 5.74) is 3.07. The average Bonchev–Trinajstić information content (AvgIpc) is 3.35. The fraction of sp³-hybridized carbons (Fsp3) is 0.0500. The third-order valence-corrected chi connectivity index (χ3v) is 3.83. The third-order valence-electron chi connectivity index (χ3n) is 3.83. The van der Waals surface area contributed by atoms with Gasteiger partial charge in [-0.3, -0.25) is 4.79 Å².